The predicted octanol–water partition coefficient (Wildman–Crippen LogP) is 4.34. The second-order valence-corrected chi connectivity index (χ2v) is 7.94. The van der Waals surface area contributed by atoms with Crippen LogP contribution in [0.15, 0.2) is 54.6 Å². The Morgan fingerprint density at radius 3 is 2.53 bits per heavy atom. The van der Waals surface area contributed by atoms with Gasteiger partial charge in [-0.25, -0.2) is 0 Å². The molecule has 2 aromatic carbocycles. The standard InChI is InChI=1S/C24H29ClN4O/c1-4-28(15-21-11-8-12-22(25)13-21)17-24(30)26-14-23-18(2)27-29(19(23)3)16-20-9-6-5-7-10-20/h5-13H,4,14-17H2,1-3H3,(H,26,30). The molecule has 0 aliphatic carbocycles. The zero-order chi connectivity index (χ0) is 21.5. The van der Waals surface area contributed by atoms with Crippen LogP contribution in [0, 0.1) is 13.8 Å². The average Bonchev–Trinajstić information content (AvgIpc) is 2.99. The molecule has 0 bridgehead atoms. The van der Waals surface area contributed by atoms with E-state index in [-0.39, 0.29) is 5.91 Å². The van der Waals surface area contributed by atoms with Gasteiger partial charge in [0.05, 0.1) is 18.8 Å². The molecule has 0 aliphatic heterocycles. The summed E-state index contributed by atoms with van der Waals surface area (Å²) in [5.41, 5.74) is 5.43. The van der Waals surface area contributed by atoms with E-state index in [4.69, 9.17) is 11.6 Å². The summed E-state index contributed by atoms with van der Waals surface area (Å²) in [4.78, 5) is 14.7. The summed E-state index contributed by atoms with van der Waals surface area (Å²) in [6, 6.07) is 18.0. The Hall–Kier alpha value is -2.63. The monoisotopic (exact) mass is 424 g/mol. The molecule has 0 spiro atoms. The summed E-state index contributed by atoms with van der Waals surface area (Å²) in [6.07, 6.45) is 0. The molecular formula is C24H29ClN4O. The Labute approximate surface area is 183 Å². The molecule has 0 aliphatic rings. The minimum Gasteiger partial charge on any atom is -0.351 e. The highest BCUT2D eigenvalue weighted by Gasteiger charge is 2.14. The molecule has 1 aromatic heterocycles. The number of aryl methyl sites for hydroxylation is 1. The maximum atomic E-state index is 12.6. The largest absolute Gasteiger partial charge is 0.351 e. The van der Waals surface area contributed by atoms with Gasteiger partial charge in [-0.15, -0.1) is 0 Å². The molecule has 6 heteroatoms. The Morgan fingerprint density at radius 2 is 1.83 bits per heavy atom. The molecule has 0 radical (unpaired) electrons. The van der Waals surface area contributed by atoms with Crippen molar-refractivity contribution in [2.75, 3.05) is 13.1 Å². The van der Waals surface area contributed by atoms with E-state index >= 15 is 0 Å². The maximum Gasteiger partial charge on any atom is 0.234 e. The van der Waals surface area contributed by atoms with Crippen LogP contribution in [-0.2, 0) is 24.4 Å². The molecular weight excluding hydrogens is 396 g/mol. The van der Waals surface area contributed by atoms with Crippen molar-refractivity contribution in [2.24, 2.45) is 0 Å². The highest BCUT2D eigenvalue weighted by Crippen LogP contribution is 2.15. The highest BCUT2D eigenvalue weighted by molar-refractivity contribution is 6.30. The summed E-state index contributed by atoms with van der Waals surface area (Å²) in [7, 11) is 0. The molecule has 158 valence electrons. The number of amides is 1. The molecule has 0 saturated carbocycles. The molecule has 30 heavy (non-hydrogen) atoms. The second-order valence-electron chi connectivity index (χ2n) is 7.50. The lowest BCUT2D eigenvalue weighted by Gasteiger charge is -2.20. The molecule has 0 unspecified atom stereocenters. The lowest BCUT2D eigenvalue weighted by Crippen LogP contribution is -2.36. The van der Waals surface area contributed by atoms with E-state index in [2.05, 4.69) is 41.3 Å². The van der Waals surface area contributed by atoms with Crippen molar-refractivity contribution in [3.63, 3.8) is 0 Å². The lowest BCUT2D eigenvalue weighted by atomic mass is 10.2. The first kappa shape index (κ1) is 22.1. The van der Waals surface area contributed by atoms with Gasteiger partial charge in [-0.3, -0.25) is 14.4 Å². The first-order valence-electron chi connectivity index (χ1n) is 10.3. The Bertz CT molecular complexity index is 984. The third-order valence-electron chi connectivity index (χ3n) is 5.28. The average molecular weight is 425 g/mol. The molecule has 0 fully saturated rings. The topological polar surface area (TPSA) is 50.2 Å². The molecule has 5 nitrogen and oxygen atoms in total. The number of rotatable bonds is 9. The number of benzene rings is 2. The molecule has 1 heterocycles. The van der Waals surface area contributed by atoms with E-state index in [9.17, 15) is 4.79 Å². The number of nitrogens with zero attached hydrogens (tertiary/aromatic N) is 3. The van der Waals surface area contributed by atoms with Gasteiger partial charge in [0.25, 0.3) is 0 Å². The number of carbonyl (C=O) groups excluding carboxylic acids is 1. The van der Waals surface area contributed by atoms with Crippen LogP contribution < -0.4 is 5.32 Å². The molecule has 3 rings (SSSR count). The summed E-state index contributed by atoms with van der Waals surface area (Å²) >= 11 is 6.07. The number of nitrogens with one attached hydrogen (secondary N) is 1. The van der Waals surface area contributed by atoms with Crippen LogP contribution in [-0.4, -0.2) is 33.7 Å². The first-order chi connectivity index (χ1) is 14.5. The van der Waals surface area contributed by atoms with E-state index in [1.807, 2.05) is 54.1 Å². The third kappa shape index (κ3) is 5.94. The summed E-state index contributed by atoms with van der Waals surface area (Å²) in [6.45, 7) is 9.14. The van der Waals surface area contributed by atoms with Gasteiger partial charge in [0.15, 0.2) is 0 Å². The van der Waals surface area contributed by atoms with Crippen LogP contribution in [0.25, 0.3) is 0 Å². The third-order valence-corrected chi connectivity index (χ3v) is 5.51. The molecule has 1 amide bonds. The highest BCUT2D eigenvalue weighted by atomic mass is 35.5. The number of aromatic nitrogens is 2. The van der Waals surface area contributed by atoms with Gasteiger partial charge in [0, 0.05) is 29.4 Å². The Kier molecular flexibility index (Phi) is 7.66. The SMILES string of the molecule is CCN(CC(=O)NCc1c(C)nn(Cc2ccccc2)c1C)Cc1cccc(Cl)c1. The van der Waals surface area contributed by atoms with E-state index in [1.54, 1.807) is 0 Å². The van der Waals surface area contributed by atoms with Crippen molar-refractivity contribution in [3.8, 4) is 0 Å². The quantitative estimate of drug-likeness (QED) is 0.555. The predicted molar refractivity (Wildman–Crippen MR) is 121 cm³/mol. The Morgan fingerprint density at radius 1 is 1.10 bits per heavy atom. The van der Waals surface area contributed by atoms with E-state index in [0.29, 0.717) is 24.7 Å². The van der Waals surface area contributed by atoms with Crippen molar-refractivity contribution in [3.05, 3.63) is 87.7 Å². The zero-order valence-electron chi connectivity index (χ0n) is 17.9. The number of hydrogen-bond donors (Lipinski definition) is 1. The Balaban J connectivity index is 1.57. The summed E-state index contributed by atoms with van der Waals surface area (Å²) in [5, 5.41) is 8.44. The van der Waals surface area contributed by atoms with E-state index in [0.717, 1.165) is 35.6 Å². The van der Waals surface area contributed by atoms with Crippen LogP contribution in [0.2, 0.25) is 5.02 Å². The second kappa shape index (κ2) is 10.4. The smallest absolute Gasteiger partial charge is 0.234 e. The fourth-order valence-electron chi connectivity index (χ4n) is 3.52. The van der Waals surface area contributed by atoms with E-state index in [1.165, 1.54) is 5.56 Å². The first-order valence-corrected chi connectivity index (χ1v) is 10.6. The van der Waals surface area contributed by atoms with Gasteiger partial charge in [-0.2, -0.15) is 5.10 Å². The van der Waals surface area contributed by atoms with Crippen molar-refractivity contribution < 1.29 is 4.79 Å². The van der Waals surface area contributed by atoms with Gasteiger partial charge in [0.2, 0.25) is 5.91 Å². The van der Waals surface area contributed by atoms with Crippen molar-refractivity contribution in [2.45, 2.75) is 40.4 Å². The molecule has 0 atom stereocenters. The molecule has 0 saturated heterocycles. The van der Waals surface area contributed by atoms with E-state index < -0.39 is 0 Å². The fraction of sp³-hybridized carbons (Fsp3) is 0.333. The minimum absolute atomic E-state index is 0.00786. The van der Waals surface area contributed by atoms with Crippen LogP contribution in [0.4, 0.5) is 0 Å². The van der Waals surface area contributed by atoms with Gasteiger partial charge < -0.3 is 5.32 Å². The van der Waals surface area contributed by atoms with Gasteiger partial charge >= 0.3 is 0 Å². The number of likely N-dealkylation sites (N-methyl/N-ethyl adjacent to an activating group) is 1. The lowest BCUT2D eigenvalue weighted by molar-refractivity contribution is -0.122. The van der Waals surface area contributed by atoms with Crippen molar-refractivity contribution in [1.82, 2.24) is 20.0 Å². The van der Waals surface area contributed by atoms with Crippen LogP contribution in [0.5, 0.6) is 0 Å². The van der Waals surface area contributed by atoms with Crippen molar-refractivity contribution in [1.29, 1.82) is 0 Å². The van der Waals surface area contributed by atoms with Crippen LogP contribution in [0.3, 0.4) is 0 Å². The van der Waals surface area contributed by atoms with Gasteiger partial charge in [0.1, 0.15) is 0 Å². The maximum absolute atomic E-state index is 12.6. The minimum atomic E-state index is 0.00786. The normalized spacial score (nSPS) is 11.1. The number of halogens is 1. The van der Waals surface area contributed by atoms with Crippen LogP contribution in [0.1, 0.15) is 35.0 Å². The van der Waals surface area contributed by atoms with Crippen LogP contribution >= 0.6 is 11.6 Å². The van der Waals surface area contributed by atoms with Crippen molar-refractivity contribution >= 4 is 17.5 Å². The molecule has 1 N–H and O–H groups in total. The summed E-state index contributed by atoms with van der Waals surface area (Å²) < 4.78 is 2.00. The summed E-state index contributed by atoms with van der Waals surface area (Å²) in [5.74, 6) is 0.00786. The fourth-order valence-corrected chi connectivity index (χ4v) is 3.73. The molecule has 3 aromatic rings. The number of carbonyl (C=O) groups is 1. The zero-order valence-corrected chi connectivity index (χ0v) is 18.6. The van der Waals surface area contributed by atoms with Gasteiger partial charge in [-0.05, 0) is 43.7 Å². The number of hydrogen-bond acceptors (Lipinski definition) is 3. The van der Waals surface area contributed by atoms with Gasteiger partial charge in [-0.1, -0.05) is 61.0 Å².